The van der Waals surface area contributed by atoms with Gasteiger partial charge in [-0.1, -0.05) is 6.92 Å². The van der Waals surface area contributed by atoms with Crippen LogP contribution >= 0.6 is 0 Å². The molecule has 1 saturated carbocycles. The summed E-state index contributed by atoms with van der Waals surface area (Å²) in [7, 11) is 2.22. The van der Waals surface area contributed by atoms with Crippen LogP contribution in [0.1, 0.15) is 25.5 Å². The molecule has 0 bridgehead atoms. The topological polar surface area (TPSA) is 28.6 Å². The molecule has 110 valence electrons. The Labute approximate surface area is 121 Å². The van der Waals surface area contributed by atoms with Crippen LogP contribution in [0.2, 0.25) is 0 Å². The van der Waals surface area contributed by atoms with E-state index in [1.165, 1.54) is 18.5 Å². The molecule has 0 aromatic carbocycles. The van der Waals surface area contributed by atoms with Crippen LogP contribution in [0.25, 0.3) is 0 Å². The molecular formula is C16H25N3O. The Morgan fingerprint density at radius 3 is 2.90 bits per heavy atom. The van der Waals surface area contributed by atoms with Crippen LogP contribution in [0.4, 0.5) is 5.69 Å². The SMILES string of the molecule is CCc1ccc(N2CCO[C@H](CN(C)C3CC3)C2)cn1. The molecule has 4 heteroatoms. The number of likely N-dealkylation sites (N-methyl/N-ethyl adjacent to an activating group) is 1. The maximum atomic E-state index is 5.92. The molecule has 1 aromatic heterocycles. The standard InChI is InChI=1S/C16H25N3O/c1-3-13-4-5-15(10-17-13)19-8-9-20-16(12-19)11-18(2)14-6-7-14/h4-5,10,14,16H,3,6-9,11-12H2,1-2H3/t16-/m1/s1. The molecule has 3 rings (SSSR count). The van der Waals surface area contributed by atoms with E-state index in [9.17, 15) is 0 Å². The lowest BCUT2D eigenvalue weighted by Crippen LogP contribution is -2.47. The predicted molar refractivity (Wildman–Crippen MR) is 81.2 cm³/mol. The Balaban J connectivity index is 1.58. The number of pyridine rings is 1. The maximum absolute atomic E-state index is 5.92. The Morgan fingerprint density at radius 2 is 2.25 bits per heavy atom. The van der Waals surface area contributed by atoms with Crippen molar-refractivity contribution in [1.82, 2.24) is 9.88 Å². The molecule has 1 aliphatic carbocycles. The number of ether oxygens (including phenoxy) is 1. The summed E-state index contributed by atoms with van der Waals surface area (Å²) in [6, 6.07) is 5.13. The van der Waals surface area contributed by atoms with Gasteiger partial charge >= 0.3 is 0 Å². The second-order valence-corrected chi connectivity index (χ2v) is 5.97. The first-order valence-electron chi connectivity index (χ1n) is 7.78. The summed E-state index contributed by atoms with van der Waals surface area (Å²) in [5.74, 6) is 0. The zero-order chi connectivity index (χ0) is 13.9. The number of morpholine rings is 1. The van der Waals surface area contributed by atoms with Gasteiger partial charge in [0, 0.05) is 31.4 Å². The van der Waals surface area contributed by atoms with Gasteiger partial charge in [0.1, 0.15) is 0 Å². The van der Waals surface area contributed by atoms with Crippen LogP contribution in [0.3, 0.4) is 0 Å². The van der Waals surface area contributed by atoms with Crippen molar-refractivity contribution in [3.8, 4) is 0 Å². The van der Waals surface area contributed by atoms with Gasteiger partial charge in [-0.15, -0.1) is 0 Å². The van der Waals surface area contributed by atoms with Gasteiger partial charge in [-0.05, 0) is 38.4 Å². The fourth-order valence-corrected chi connectivity index (χ4v) is 2.86. The Morgan fingerprint density at radius 1 is 1.40 bits per heavy atom. The summed E-state index contributed by atoms with van der Waals surface area (Å²) in [4.78, 5) is 9.36. The lowest BCUT2D eigenvalue weighted by atomic mass is 10.2. The van der Waals surface area contributed by atoms with Crippen molar-refractivity contribution in [2.45, 2.75) is 38.3 Å². The van der Waals surface area contributed by atoms with E-state index < -0.39 is 0 Å². The number of aryl methyl sites for hydroxylation is 1. The molecule has 0 amide bonds. The summed E-state index contributed by atoms with van der Waals surface area (Å²) in [6.07, 6.45) is 6.04. The fraction of sp³-hybridized carbons (Fsp3) is 0.688. The van der Waals surface area contributed by atoms with Crippen LogP contribution in [0.15, 0.2) is 18.3 Å². The first-order valence-corrected chi connectivity index (χ1v) is 7.78. The largest absolute Gasteiger partial charge is 0.373 e. The Kier molecular flexibility index (Phi) is 4.22. The van der Waals surface area contributed by atoms with Crippen LogP contribution in [0, 0.1) is 0 Å². The molecule has 2 fully saturated rings. The van der Waals surface area contributed by atoms with Gasteiger partial charge in [0.15, 0.2) is 0 Å². The van der Waals surface area contributed by atoms with E-state index in [0.717, 1.165) is 44.4 Å². The molecule has 0 spiro atoms. The highest BCUT2D eigenvalue weighted by molar-refractivity contribution is 5.45. The van der Waals surface area contributed by atoms with Gasteiger partial charge in [0.05, 0.1) is 24.6 Å². The number of aromatic nitrogens is 1. The van der Waals surface area contributed by atoms with Crippen LogP contribution < -0.4 is 4.90 Å². The average Bonchev–Trinajstić information content (AvgIpc) is 3.32. The molecule has 1 saturated heterocycles. The molecule has 2 heterocycles. The molecule has 0 unspecified atom stereocenters. The van der Waals surface area contributed by atoms with Gasteiger partial charge in [0.25, 0.3) is 0 Å². The Bertz CT molecular complexity index is 430. The molecule has 20 heavy (non-hydrogen) atoms. The smallest absolute Gasteiger partial charge is 0.0877 e. The highest BCUT2D eigenvalue weighted by atomic mass is 16.5. The zero-order valence-electron chi connectivity index (χ0n) is 12.6. The third-order valence-electron chi connectivity index (χ3n) is 4.34. The van der Waals surface area contributed by atoms with E-state index in [4.69, 9.17) is 4.74 Å². The number of rotatable bonds is 5. The number of nitrogens with zero attached hydrogens (tertiary/aromatic N) is 3. The quantitative estimate of drug-likeness (QED) is 0.821. The minimum absolute atomic E-state index is 0.320. The Hall–Kier alpha value is -1.13. The first kappa shape index (κ1) is 13.8. The van der Waals surface area contributed by atoms with Gasteiger partial charge in [-0.25, -0.2) is 0 Å². The van der Waals surface area contributed by atoms with E-state index in [1.807, 2.05) is 6.20 Å². The highest BCUT2D eigenvalue weighted by Gasteiger charge is 2.29. The van der Waals surface area contributed by atoms with E-state index in [0.29, 0.717) is 6.10 Å². The summed E-state index contributed by atoms with van der Waals surface area (Å²) >= 11 is 0. The second kappa shape index (κ2) is 6.10. The van der Waals surface area contributed by atoms with Crippen molar-refractivity contribution in [1.29, 1.82) is 0 Å². The van der Waals surface area contributed by atoms with Crippen molar-refractivity contribution in [3.05, 3.63) is 24.0 Å². The summed E-state index contributed by atoms with van der Waals surface area (Å²) in [5.41, 5.74) is 2.39. The van der Waals surface area contributed by atoms with Gasteiger partial charge in [0.2, 0.25) is 0 Å². The number of anilines is 1. The maximum Gasteiger partial charge on any atom is 0.0877 e. The third kappa shape index (κ3) is 3.30. The van der Waals surface area contributed by atoms with Crippen LogP contribution in [0.5, 0.6) is 0 Å². The van der Waals surface area contributed by atoms with Gasteiger partial charge < -0.3 is 14.5 Å². The van der Waals surface area contributed by atoms with Crippen molar-refractivity contribution >= 4 is 5.69 Å². The van der Waals surface area contributed by atoms with Crippen molar-refractivity contribution in [2.24, 2.45) is 0 Å². The summed E-state index contributed by atoms with van der Waals surface area (Å²) in [5, 5.41) is 0. The number of hydrogen-bond donors (Lipinski definition) is 0. The monoisotopic (exact) mass is 275 g/mol. The van der Waals surface area contributed by atoms with E-state index in [1.54, 1.807) is 0 Å². The normalized spacial score (nSPS) is 23.4. The minimum Gasteiger partial charge on any atom is -0.373 e. The molecule has 1 atom stereocenters. The molecule has 0 radical (unpaired) electrons. The predicted octanol–water partition coefficient (Wildman–Crippen LogP) is 1.94. The highest BCUT2D eigenvalue weighted by Crippen LogP contribution is 2.26. The molecule has 2 aliphatic rings. The molecule has 1 aromatic rings. The molecular weight excluding hydrogens is 250 g/mol. The van der Waals surface area contributed by atoms with Gasteiger partial charge in [-0.3, -0.25) is 4.98 Å². The summed E-state index contributed by atoms with van der Waals surface area (Å²) in [6.45, 7) is 5.95. The van der Waals surface area contributed by atoms with E-state index in [-0.39, 0.29) is 0 Å². The van der Waals surface area contributed by atoms with E-state index in [2.05, 4.69) is 40.9 Å². The van der Waals surface area contributed by atoms with E-state index >= 15 is 0 Å². The number of hydrogen-bond acceptors (Lipinski definition) is 4. The molecule has 4 nitrogen and oxygen atoms in total. The van der Waals surface area contributed by atoms with Gasteiger partial charge in [-0.2, -0.15) is 0 Å². The van der Waals surface area contributed by atoms with Crippen LogP contribution in [-0.2, 0) is 11.2 Å². The minimum atomic E-state index is 0.320. The van der Waals surface area contributed by atoms with Crippen molar-refractivity contribution in [2.75, 3.05) is 38.2 Å². The fourth-order valence-electron chi connectivity index (χ4n) is 2.86. The first-order chi connectivity index (χ1) is 9.76. The lowest BCUT2D eigenvalue weighted by molar-refractivity contribution is 0.0192. The van der Waals surface area contributed by atoms with Crippen molar-refractivity contribution < 1.29 is 4.74 Å². The average molecular weight is 275 g/mol. The second-order valence-electron chi connectivity index (χ2n) is 5.97. The summed E-state index contributed by atoms with van der Waals surface area (Å²) < 4.78 is 5.92. The van der Waals surface area contributed by atoms with Crippen molar-refractivity contribution in [3.63, 3.8) is 0 Å². The zero-order valence-corrected chi connectivity index (χ0v) is 12.6. The molecule has 0 N–H and O–H groups in total. The molecule has 1 aliphatic heterocycles. The third-order valence-corrected chi connectivity index (χ3v) is 4.34. The lowest BCUT2D eigenvalue weighted by Gasteiger charge is -2.36. The van der Waals surface area contributed by atoms with Crippen LogP contribution in [-0.4, -0.2) is 55.3 Å².